The van der Waals surface area contributed by atoms with E-state index in [2.05, 4.69) is 34.6 Å². The second kappa shape index (κ2) is 11.1. The normalized spacial score (nSPS) is 51.3. The van der Waals surface area contributed by atoms with Crippen molar-refractivity contribution in [2.24, 2.45) is 46.3 Å². The molecule has 0 radical (unpaired) electrons. The van der Waals surface area contributed by atoms with Crippen LogP contribution >= 0.6 is 0 Å². The Labute approximate surface area is 237 Å². The molecule has 6 heteroatoms. The van der Waals surface area contributed by atoms with E-state index in [1.807, 2.05) is 0 Å². The van der Waals surface area contributed by atoms with Gasteiger partial charge in [0.1, 0.15) is 18.3 Å². The van der Waals surface area contributed by atoms with Crippen LogP contribution in [0, 0.1) is 46.3 Å². The molecular formula is C33H58O6. The van der Waals surface area contributed by atoms with Crippen LogP contribution in [0.3, 0.4) is 0 Å². The molecule has 39 heavy (non-hydrogen) atoms. The van der Waals surface area contributed by atoms with Gasteiger partial charge in [0.05, 0.1) is 17.8 Å². The summed E-state index contributed by atoms with van der Waals surface area (Å²) in [6.45, 7) is 13.7. The molecule has 0 aromatic rings. The van der Waals surface area contributed by atoms with E-state index in [1.165, 1.54) is 44.9 Å². The molecule has 226 valence electrons. The number of aliphatic hydroxyl groups is 4. The highest BCUT2D eigenvalue weighted by molar-refractivity contribution is 5.16. The number of hydrogen-bond acceptors (Lipinski definition) is 6. The maximum atomic E-state index is 12.4. The van der Waals surface area contributed by atoms with Crippen molar-refractivity contribution in [1.82, 2.24) is 0 Å². The van der Waals surface area contributed by atoms with Crippen LogP contribution in [0.5, 0.6) is 0 Å². The molecule has 1 aliphatic heterocycles. The third-order valence-corrected chi connectivity index (χ3v) is 13.0. The van der Waals surface area contributed by atoms with Crippen molar-refractivity contribution < 1.29 is 29.9 Å². The number of ether oxygens (including phenoxy) is 2. The highest BCUT2D eigenvalue weighted by Crippen LogP contribution is 2.69. The third-order valence-electron chi connectivity index (χ3n) is 13.0. The molecule has 1 heterocycles. The maximum absolute atomic E-state index is 12.4. The van der Waals surface area contributed by atoms with E-state index >= 15 is 0 Å². The highest BCUT2D eigenvalue weighted by atomic mass is 16.7. The van der Waals surface area contributed by atoms with E-state index in [-0.39, 0.29) is 5.41 Å². The molecule has 0 spiro atoms. The van der Waals surface area contributed by atoms with Crippen molar-refractivity contribution in [1.29, 1.82) is 0 Å². The average molecular weight is 551 g/mol. The first-order valence-corrected chi connectivity index (χ1v) is 16.4. The minimum absolute atomic E-state index is 0.229. The molecule has 1 saturated heterocycles. The van der Waals surface area contributed by atoms with Gasteiger partial charge in [-0.3, -0.25) is 0 Å². The lowest BCUT2D eigenvalue weighted by Gasteiger charge is -2.65. The largest absolute Gasteiger partial charge is 0.391 e. The first kappa shape index (κ1) is 30.2. The second-order valence-electron chi connectivity index (χ2n) is 15.5. The molecular weight excluding hydrogens is 492 g/mol. The van der Waals surface area contributed by atoms with Gasteiger partial charge in [-0.05, 0) is 99.2 Å². The summed E-state index contributed by atoms with van der Waals surface area (Å²) in [7, 11) is 0. The topological polar surface area (TPSA) is 99.4 Å². The predicted octanol–water partition coefficient (Wildman–Crippen LogP) is 5.44. The molecule has 0 bridgehead atoms. The van der Waals surface area contributed by atoms with Crippen molar-refractivity contribution in [2.45, 2.75) is 161 Å². The van der Waals surface area contributed by atoms with Gasteiger partial charge in [-0.1, -0.05) is 60.3 Å². The van der Waals surface area contributed by atoms with Gasteiger partial charge in [0.25, 0.3) is 0 Å². The molecule has 4 N–H and O–H groups in total. The van der Waals surface area contributed by atoms with Gasteiger partial charge < -0.3 is 29.9 Å². The van der Waals surface area contributed by atoms with E-state index < -0.39 is 42.4 Å². The Kier molecular flexibility index (Phi) is 8.61. The van der Waals surface area contributed by atoms with Crippen LogP contribution in [-0.2, 0) is 9.47 Å². The van der Waals surface area contributed by atoms with Crippen LogP contribution in [0.25, 0.3) is 0 Å². The molecule has 5 rings (SSSR count). The third kappa shape index (κ3) is 4.95. The number of rotatable bonds is 8. The van der Waals surface area contributed by atoms with Crippen LogP contribution in [-0.4, -0.2) is 62.8 Å². The van der Waals surface area contributed by atoms with Crippen LogP contribution in [0.1, 0.15) is 119 Å². The second-order valence-corrected chi connectivity index (χ2v) is 15.5. The monoisotopic (exact) mass is 550 g/mol. The van der Waals surface area contributed by atoms with Gasteiger partial charge in [-0.25, -0.2) is 0 Å². The van der Waals surface area contributed by atoms with Crippen LogP contribution in [0.15, 0.2) is 0 Å². The Morgan fingerprint density at radius 2 is 1.62 bits per heavy atom. The quantitative estimate of drug-likeness (QED) is 0.321. The van der Waals surface area contributed by atoms with Gasteiger partial charge in [0.15, 0.2) is 6.29 Å². The molecule has 5 fully saturated rings. The van der Waals surface area contributed by atoms with Crippen molar-refractivity contribution in [3.63, 3.8) is 0 Å². The maximum Gasteiger partial charge on any atom is 0.187 e. The number of aliphatic hydroxyl groups excluding tert-OH is 3. The minimum atomic E-state index is -1.23. The van der Waals surface area contributed by atoms with E-state index in [9.17, 15) is 20.4 Å². The van der Waals surface area contributed by atoms with Crippen LogP contribution < -0.4 is 0 Å². The van der Waals surface area contributed by atoms with Crippen molar-refractivity contribution in [3.05, 3.63) is 0 Å². The zero-order valence-electron chi connectivity index (χ0n) is 25.5. The summed E-state index contributed by atoms with van der Waals surface area (Å²) < 4.78 is 12.1. The van der Waals surface area contributed by atoms with E-state index in [0.717, 1.165) is 55.8 Å². The first-order valence-electron chi connectivity index (χ1n) is 16.4. The van der Waals surface area contributed by atoms with E-state index in [1.54, 1.807) is 6.92 Å². The lowest BCUT2D eigenvalue weighted by atomic mass is 9.42. The standard InChI is InChI=1S/C33H58O6/c1-19(2)9-7-10-20(3)23-12-13-24-22-14-18-33(37)26(38-30-28(36)27(35)29(39-30)21(4)34)11-8-16-32(33,6)25(22)15-17-31(23,24)5/h19-30,34-37H,7-18H2,1-6H3/t20-,21-,22+,23-,24+,25+,26-,27-,28-,29+,30-,31-,32-,33-/m1/s1. The minimum Gasteiger partial charge on any atom is -0.391 e. The summed E-state index contributed by atoms with van der Waals surface area (Å²) in [4.78, 5) is 0. The molecule has 6 nitrogen and oxygen atoms in total. The Balaban J connectivity index is 1.30. The van der Waals surface area contributed by atoms with Crippen LogP contribution in [0.4, 0.5) is 0 Å². The Hall–Kier alpha value is -0.240. The predicted molar refractivity (Wildman–Crippen MR) is 152 cm³/mol. The van der Waals surface area contributed by atoms with E-state index in [0.29, 0.717) is 17.3 Å². The molecule has 4 aliphatic carbocycles. The molecule has 0 unspecified atom stereocenters. The summed E-state index contributed by atoms with van der Waals surface area (Å²) in [5, 5.41) is 43.5. The summed E-state index contributed by atoms with van der Waals surface area (Å²) in [6, 6.07) is 0. The average Bonchev–Trinajstić information content (AvgIpc) is 3.36. The fraction of sp³-hybridized carbons (Fsp3) is 1.00. The first-order chi connectivity index (χ1) is 18.3. The van der Waals surface area contributed by atoms with Crippen molar-refractivity contribution >= 4 is 0 Å². The molecule has 0 aromatic carbocycles. The zero-order chi connectivity index (χ0) is 28.3. The number of fused-ring (bicyclic) bond motifs is 5. The van der Waals surface area contributed by atoms with Gasteiger partial charge in [0.2, 0.25) is 0 Å². The molecule has 5 aliphatic rings. The van der Waals surface area contributed by atoms with Crippen molar-refractivity contribution in [3.8, 4) is 0 Å². The molecule has 4 saturated carbocycles. The fourth-order valence-electron chi connectivity index (χ4n) is 10.8. The summed E-state index contributed by atoms with van der Waals surface area (Å²) in [5.41, 5.74) is -0.783. The van der Waals surface area contributed by atoms with Gasteiger partial charge in [-0.15, -0.1) is 0 Å². The van der Waals surface area contributed by atoms with E-state index in [4.69, 9.17) is 9.47 Å². The van der Waals surface area contributed by atoms with Gasteiger partial charge in [0, 0.05) is 5.41 Å². The van der Waals surface area contributed by atoms with Gasteiger partial charge in [-0.2, -0.15) is 0 Å². The summed E-state index contributed by atoms with van der Waals surface area (Å²) in [6.07, 6.45) is 7.98. The molecule has 14 atom stereocenters. The van der Waals surface area contributed by atoms with Gasteiger partial charge >= 0.3 is 0 Å². The molecule has 0 aromatic heterocycles. The number of hydrogen-bond donors (Lipinski definition) is 4. The molecule has 0 amide bonds. The Bertz CT molecular complexity index is 848. The lowest BCUT2D eigenvalue weighted by Crippen LogP contribution is -2.67. The van der Waals surface area contributed by atoms with Crippen molar-refractivity contribution in [2.75, 3.05) is 0 Å². The highest BCUT2D eigenvalue weighted by Gasteiger charge is 2.67. The SMILES string of the molecule is CC(C)CCC[C@@H](C)[C@H]1CC[C@H]2[C@@H]3CC[C@@]4(O)[C@H](O[C@@H]5O[C@@H]([C@@H](C)O)[C@H](O)[C@H]5O)CCC[C@]4(C)[C@H]3CC[C@]12C. The fourth-order valence-corrected chi connectivity index (χ4v) is 10.8. The van der Waals surface area contributed by atoms with Crippen LogP contribution in [0.2, 0.25) is 0 Å². The zero-order valence-corrected chi connectivity index (χ0v) is 25.5. The Morgan fingerprint density at radius 3 is 2.28 bits per heavy atom. The lowest BCUT2D eigenvalue weighted by molar-refractivity contribution is -0.296. The smallest absolute Gasteiger partial charge is 0.187 e. The summed E-state index contributed by atoms with van der Waals surface area (Å²) >= 11 is 0. The summed E-state index contributed by atoms with van der Waals surface area (Å²) in [5.74, 6) is 4.30. The Morgan fingerprint density at radius 1 is 0.872 bits per heavy atom.